The number of hydrogen-bond donors (Lipinski definition) is 0. The zero-order valence-electron chi connectivity index (χ0n) is 11.8. The lowest BCUT2D eigenvalue weighted by atomic mass is 10.1. The molecule has 0 fully saturated rings. The second kappa shape index (κ2) is 5.11. The van der Waals surface area contributed by atoms with Gasteiger partial charge in [0.1, 0.15) is 11.5 Å². The monoisotopic (exact) mass is 288 g/mol. The molecule has 0 aliphatic heterocycles. The number of nitrogens with zero attached hydrogens (tertiary/aromatic N) is 2. The molecule has 0 saturated heterocycles. The number of aromatic nitrogens is 2. The average molecular weight is 288 g/mol. The van der Waals surface area contributed by atoms with Crippen LogP contribution in [0.15, 0.2) is 79.1 Å². The number of hydrogen-bond acceptors (Lipinski definition) is 1. The molecule has 0 atom stereocenters. The molecule has 106 valence electrons. The predicted octanol–water partition coefficient (Wildman–Crippen LogP) is 4.81. The van der Waals surface area contributed by atoms with E-state index >= 15 is 0 Å². The van der Waals surface area contributed by atoms with Crippen molar-refractivity contribution in [3.63, 3.8) is 0 Å². The lowest BCUT2D eigenvalue weighted by molar-refractivity contribution is 0.628. The van der Waals surface area contributed by atoms with E-state index < -0.39 is 0 Å². The van der Waals surface area contributed by atoms with Crippen LogP contribution < -0.4 is 0 Å². The third-order valence-electron chi connectivity index (χ3n) is 3.71. The topological polar surface area (TPSA) is 17.3 Å². The highest BCUT2D eigenvalue weighted by molar-refractivity contribution is 5.79. The fraction of sp³-hybridized carbons (Fsp3) is 0. The van der Waals surface area contributed by atoms with Crippen molar-refractivity contribution >= 4 is 5.65 Å². The Balaban J connectivity index is 1.90. The van der Waals surface area contributed by atoms with Crippen molar-refractivity contribution in [1.29, 1.82) is 0 Å². The lowest BCUT2D eigenvalue weighted by Gasteiger charge is -2.03. The fourth-order valence-corrected chi connectivity index (χ4v) is 2.62. The molecule has 0 radical (unpaired) electrons. The molecule has 0 unspecified atom stereocenters. The Kier molecular flexibility index (Phi) is 2.97. The summed E-state index contributed by atoms with van der Waals surface area (Å²) in [7, 11) is 0. The Bertz CT molecular complexity index is 925. The molecule has 0 amide bonds. The van der Waals surface area contributed by atoms with Crippen LogP contribution in [-0.4, -0.2) is 9.38 Å². The van der Waals surface area contributed by atoms with Crippen LogP contribution in [0.1, 0.15) is 0 Å². The maximum atomic E-state index is 13.1. The van der Waals surface area contributed by atoms with E-state index in [2.05, 4.69) is 0 Å². The smallest absolute Gasteiger partial charge is 0.145 e. The van der Waals surface area contributed by atoms with Gasteiger partial charge in [-0.1, -0.05) is 42.5 Å². The van der Waals surface area contributed by atoms with Gasteiger partial charge in [-0.25, -0.2) is 9.37 Å². The summed E-state index contributed by atoms with van der Waals surface area (Å²) in [5.41, 5.74) is 4.82. The summed E-state index contributed by atoms with van der Waals surface area (Å²) in [4.78, 5) is 4.75. The van der Waals surface area contributed by atoms with Gasteiger partial charge in [0.15, 0.2) is 0 Å². The van der Waals surface area contributed by atoms with Gasteiger partial charge in [0, 0.05) is 23.5 Å². The molecule has 0 saturated carbocycles. The minimum Gasteiger partial charge on any atom is -0.306 e. The Morgan fingerprint density at radius 2 is 1.55 bits per heavy atom. The largest absolute Gasteiger partial charge is 0.306 e. The van der Waals surface area contributed by atoms with Crippen molar-refractivity contribution < 1.29 is 4.39 Å². The number of halogens is 1. The van der Waals surface area contributed by atoms with Crippen molar-refractivity contribution in [2.24, 2.45) is 0 Å². The van der Waals surface area contributed by atoms with Crippen LogP contribution in [0.2, 0.25) is 0 Å². The second-order valence-corrected chi connectivity index (χ2v) is 5.15. The molecule has 0 bridgehead atoms. The summed E-state index contributed by atoms with van der Waals surface area (Å²) >= 11 is 0. The number of imidazole rings is 1. The molecule has 2 aromatic heterocycles. The summed E-state index contributed by atoms with van der Waals surface area (Å²) in [5, 5.41) is 0. The van der Waals surface area contributed by atoms with Gasteiger partial charge in [-0.05, 0) is 29.8 Å². The second-order valence-electron chi connectivity index (χ2n) is 5.15. The first kappa shape index (κ1) is 12.8. The lowest BCUT2D eigenvalue weighted by Crippen LogP contribution is -1.87. The minimum absolute atomic E-state index is 0.232. The van der Waals surface area contributed by atoms with Crippen LogP contribution in [0, 0.1) is 5.82 Å². The predicted molar refractivity (Wildman–Crippen MR) is 86.0 cm³/mol. The van der Waals surface area contributed by atoms with Gasteiger partial charge in [-0.2, -0.15) is 0 Å². The zero-order chi connectivity index (χ0) is 14.9. The normalized spacial score (nSPS) is 11.0. The molecule has 0 N–H and O–H groups in total. The van der Waals surface area contributed by atoms with Gasteiger partial charge >= 0.3 is 0 Å². The van der Waals surface area contributed by atoms with Crippen LogP contribution in [-0.2, 0) is 0 Å². The Hall–Kier alpha value is -2.94. The van der Waals surface area contributed by atoms with Crippen molar-refractivity contribution in [2.45, 2.75) is 0 Å². The van der Waals surface area contributed by atoms with Gasteiger partial charge in [-0.15, -0.1) is 0 Å². The average Bonchev–Trinajstić information content (AvgIpc) is 3.01. The molecule has 4 aromatic rings. The van der Waals surface area contributed by atoms with Crippen molar-refractivity contribution in [1.82, 2.24) is 9.38 Å². The first-order valence-corrected chi connectivity index (χ1v) is 7.10. The maximum Gasteiger partial charge on any atom is 0.145 e. The summed E-state index contributed by atoms with van der Waals surface area (Å²) in [6.45, 7) is 0. The van der Waals surface area contributed by atoms with E-state index in [0.717, 1.165) is 28.0 Å². The Labute approximate surface area is 127 Å². The highest BCUT2D eigenvalue weighted by Gasteiger charge is 2.09. The zero-order valence-corrected chi connectivity index (χ0v) is 11.8. The number of rotatable bonds is 2. The van der Waals surface area contributed by atoms with E-state index in [9.17, 15) is 4.39 Å². The van der Waals surface area contributed by atoms with Crippen molar-refractivity contribution in [2.75, 3.05) is 0 Å². The number of fused-ring (bicyclic) bond motifs is 1. The molecule has 22 heavy (non-hydrogen) atoms. The SMILES string of the molecule is Fc1ccc(-c2cccn3cc(-c4ccccc4)nc23)cc1. The molecular weight excluding hydrogens is 275 g/mol. The fourth-order valence-electron chi connectivity index (χ4n) is 2.62. The molecule has 2 heterocycles. The molecule has 0 aliphatic rings. The van der Waals surface area contributed by atoms with Crippen LogP contribution in [0.4, 0.5) is 4.39 Å². The third kappa shape index (κ3) is 2.17. The molecule has 4 rings (SSSR count). The van der Waals surface area contributed by atoms with Gasteiger partial charge in [0.25, 0.3) is 0 Å². The van der Waals surface area contributed by atoms with E-state index in [1.807, 2.05) is 59.3 Å². The van der Waals surface area contributed by atoms with Crippen molar-refractivity contribution in [3.8, 4) is 22.4 Å². The maximum absolute atomic E-state index is 13.1. The quantitative estimate of drug-likeness (QED) is 0.517. The molecule has 2 nitrogen and oxygen atoms in total. The summed E-state index contributed by atoms with van der Waals surface area (Å²) in [6.07, 6.45) is 3.99. The number of benzene rings is 2. The number of pyridine rings is 1. The van der Waals surface area contributed by atoms with E-state index in [0.29, 0.717) is 0 Å². The highest BCUT2D eigenvalue weighted by Crippen LogP contribution is 2.27. The van der Waals surface area contributed by atoms with E-state index in [-0.39, 0.29) is 5.82 Å². The van der Waals surface area contributed by atoms with Gasteiger partial charge in [-0.3, -0.25) is 0 Å². The van der Waals surface area contributed by atoms with Gasteiger partial charge < -0.3 is 4.40 Å². The Morgan fingerprint density at radius 1 is 0.773 bits per heavy atom. The van der Waals surface area contributed by atoms with E-state index in [1.54, 1.807) is 12.1 Å². The molecule has 0 aliphatic carbocycles. The summed E-state index contributed by atoms with van der Waals surface area (Å²) in [5.74, 6) is -0.232. The molecule has 2 aromatic carbocycles. The first-order chi connectivity index (χ1) is 10.8. The summed E-state index contributed by atoms with van der Waals surface area (Å²) in [6, 6.07) is 20.6. The standard InChI is InChI=1S/C19H13FN2/c20-16-10-8-14(9-11-16)17-7-4-12-22-13-18(21-19(17)22)15-5-2-1-3-6-15/h1-13H. The van der Waals surface area contributed by atoms with Crippen LogP contribution in [0.25, 0.3) is 28.0 Å². The van der Waals surface area contributed by atoms with E-state index in [4.69, 9.17) is 4.98 Å². The van der Waals surface area contributed by atoms with Crippen LogP contribution in [0.5, 0.6) is 0 Å². The highest BCUT2D eigenvalue weighted by atomic mass is 19.1. The Morgan fingerprint density at radius 3 is 2.32 bits per heavy atom. The van der Waals surface area contributed by atoms with Gasteiger partial charge in [0.05, 0.1) is 5.69 Å². The minimum atomic E-state index is -0.232. The van der Waals surface area contributed by atoms with Crippen LogP contribution >= 0.6 is 0 Å². The first-order valence-electron chi connectivity index (χ1n) is 7.10. The molecular formula is C19H13FN2. The summed E-state index contributed by atoms with van der Waals surface area (Å²) < 4.78 is 15.1. The molecule has 3 heteroatoms. The van der Waals surface area contributed by atoms with E-state index in [1.165, 1.54) is 12.1 Å². The van der Waals surface area contributed by atoms with Gasteiger partial charge in [0.2, 0.25) is 0 Å². The molecule has 0 spiro atoms. The third-order valence-corrected chi connectivity index (χ3v) is 3.71. The van der Waals surface area contributed by atoms with Crippen molar-refractivity contribution in [3.05, 3.63) is 84.9 Å². The van der Waals surface area contributed by atoms with Crippen LogP contribution in [0.3, 0.4) is 0 Å².